The molecule has 0 saturated carbocycles. The van der Waals surface area contributed by atoms with Gasteiger partial charge in [0.25, 0.3) is 0 Å². The van der Waals surface area contributed by atoms with Crippen molar-refractivity contribution in [2.45, 2.75) is 12.5 Å². The first kappa shape index (κ1) is 10.8. The summed E-state index contributed by atoms with van der Waals surface area (Å²) in [5, 5.41) is 21.8. The molecular formula is C6H10N2O5S. The predicted molar refractivity (Wildman–Crippen MR) is 47.4 cm³/mol. The highest BCUT2D eigenvalue weighted by atomic mass is 32.2. The Hall–Kier alpha value is -1.31. The molecule has 0 aromatic carbocycles. The molecule has 1 amide bonds. The third-order valence-corrected chi connectivity index (χ3v) is 3.51. The maximum Gasteiger partial charge on any atom is 0.405 e. The van der Waals surface area contributed by atoms with E-state index in [0.717, 1.165) is 0 Å². The summed E-state index contributed by atoms with van der Waals surface area (Å²) in [4.78, 5) is 10.3. The molecule has 1 aliphatic heterocycles. The molecular weight excluding hydrogens is 212 g/mol. The lowest BCUT2D eigenvalue weighted by molar-refractivity contribution is 0.192. The zero-order valence-corrected chi connectivity index (χ0v) is 7.99. The highest BCUT2D eigenvalue weighted by molar-refractivity contribution is 7.92. The van der Waals surface area contributed by atoms with Gasteiger partial charge in [-0.1, -0.05) is 5.16 Å². The number of hydrogen-bond acceptors (Lipinski definition) is 5. The molecule has 1 heterocycles. The molecule has 0 radical (unpaired) electrons. The van der Waals surface area contributed by atoms with Gasteiger partial charge in [0.05, 0.1) is 23.3 Å². The van der Waals surface area contributed by atoms with E-state index in [9.17, 15) is 13.2 Å². The third kappa shape index (κ3) is 2.59. The molecule has 0 aromatic heterocycles. The number of sulfone groups is 1. The molecule has 80 valence electrons. The second kappa shape index (κ2) is 3.82. The fourth-order valence-corrected chi connectivity index (χ4v) is 2.71. The molecule has 1 rings (SSSR count). The molecule has 1 unspecified atom stereocenters. The number of amides is 1. The number of nitrogens with zero attached hydrogens (tertiary/aromatic N) is 1. The third-order valence-electron chi connectivity index (χ3n) is 1.91. The molecule has 0 spiro atoms. The molecule has 3 N–H and O–H groups in total. The van der Waals surface area contributed by atoms with Gasteiger partial charge < -0.3 is 15.6 Å². The van der Waals surface area contributed by atoms with Crippen LogP contribution in [-0.2, 0) is 9.84 Å². The Morgan fingerprint density at radius 3 is 2.71 bits per heavy atom. The van der Waals surface area contributed by atoms with E-state index in [4.69, 9.17) is 10.3 Å². The highest BCUT2D eigenvalue weighted by Gasteiger charge is 2.31. The summed E-state index contributed by atoms with van der Waals surface area (Å²) in [6.07, 6.45) is -1.16. The van der Waals surface area contributed by atoms with Crippen molar-refractivity contribution in [1.29, 1.82) is 0 Å². The van der Waals surface area contributed by atoms with Crippen molar-refractivity contribution in [2.75, 3.05) is 11.5 Å². The van der Waals surface area contributed by atoms with Gasteiger partial charge in [0.2, 0.25) is 0 Å². The normalized spacial score (nSPS) is 28.6. The summed E-state index contributed by atoms with van der Waals surface area (Å²) >= 11 is 0. The molecule has 7 nitrogen and oxygen atoms in total. The molecule has 0 aliphatic carbocycles. The van der Waals surface area contributed by atoms with E-state index in [1.165, 1.54) is 0 Å². The van der Waals surface area contributed by atoms with Crippen LogP contribution in [0, 0.1) is 0 Å². The predicted octanol–water partition coefficient (Wildman–Crippen LogP) is -0.729. The SMILES string of the molecule is O=C(O)NC1CCS(=O)(=O)C/C1=N/O. The lowest BCUT2D eigenvalue weighted by Gasteiger charge is -2.22. The van der Waals surface area contributed by atoms with Gasteiger partial charge in [-0.2, -0.15) is 0 Å². The fourth-order valence-electron chi connectivity index (χ4n) is 1.27. The highest BCUT2D eigenvalue weighted by Crippen LogP contribution is 2.10. The standard InChI is InChI=1S/C6H10N2O5S/c9-6(10)7-4-1-2-14(12,13)3-5(4)8-11/h4,7,11H,1-3H2,(H,9,10)/b8-5-. The van der Waals surface area contributed by atoms with Gasteiger partial charge in [-0.25, -0.2) is 13.2 Å². The van der Waals surface area contributed by atoms with Crippen LogP contribution in [0.15, 0.2) is 5.16 Å². The van der Waals surface area contributed by atoms with Gasteiger partial charge in [-0.15, -0.1) is 0 Å². The minimum absolute atomic E-state index is 0.0568. The van der Waals surface area contributed by atoms with E-state index in [-0.39, 0.29) is 17.9 Å². The quantitative estimate of drug-likeness (QED) is 0.399. The van der Waals surface area contributed by atoms with Crippen LogP contribution in [0.25, 0.3) is 0 Å². The summed E-state index contributed by atoms with van der Waals surface area (Å²) in [5.74, 6) is -0.495. The van der Waals surface area contributed by atoms with E-state index in [1.54, 1.807) is 0 Å². The van der Waals surface area contributed by atoms with Crippen molar-refractivity contribution in [1.82, 2.24) is 5.32 Å². The van der Waals surface area contributed by atoms with Crippen molar-refractivity contribution in [3.05, 3.63) is 0 Å². The lowest BCUT2D eigenvalue weighted by atomic mass is 10.1. The Bertz CT molecular complexity index is 360. The van der Waals surface area contributed by atoms with Crippen LogP contribution >= 0.6 is 0 Å². The summed E-state index contributed by atoms with van der Waals surface area (Å²) < 4.78 is 22.2. The molecule has 0 aromatic rings. The molecule has 14 heavy (non-hydrogen) atoms. The number of rotatable bonds is 1. The number of carboxylic acid groups (broad SMARTS) is 1. The van der Waals surface area contributed by atoms with E-state index >= 15 is 0 Å². The molecule has 8 heteroatoms. The second-order valence-corrected chi connectivity index (χ2v) is 5.16. The lowest BCUT2D eigenvalue weighted by Crippen LogP contribution is -2.47. The Morgan fingerprint density at radius 1 is 1.57 bits per heavy atom. The van der Waals surface area contributed by atoms with Crippen LogP contribution in [0.1, 0.15) is 6.42 Å². The second-order valence-electron chi connectivity index (χ2n) is 2.97. The van der Waals surface area contributed by atoms with Gasteiger partial charge in [0.15, 0.2) is 9.84 Å². The first-order valence-electron chi connectivity index (χ1n) is 3.85. The van der Waals surface area contributed by atoms with Crippen LogP contribution in [0.3, 0.4) is 0 Å². The van der Waals surface area contributed by atoms with Crippen LogP contribution < -0.4 is 5.32 Å². The number of oxime groups is 1. The van der Waals surface area contributed by atoms with Crippen LogP contribution in [0.2, 0.25) is 0 Å². The maximum atomic E-state index is 11.1. The maximum absolute atomic E-state index is 11.1. The van der Waals surface area contributed by atoms with Crippen molar-refractivity contribution in [3.8, 4) is 0 Å². The van der Waals surface area contributed by atoms with Gasteiger partial charge >= 0.3 is 6.09 Å². The number of nitrogens with one attached hydrogen (secondary N) is 1. The first-order valence-corrected chi connectivity index (χ1v) is 5.67. The minimum Gasteiger partial charge on any atom is -0.465 e. The zero-order chi connectivity index (χ0) is 10.8. The first-order chi connectivity index (χ1) is 6.44. The Balaban J connectivity index is 2.77. The molecule has 1 fully saturated rings. The Morgan fingerprint density at radius 2 is 2.21 bits per heavy atom. The molecule has 1 atom stereocenters. The summed E-state index contributed by atoms with van der Waals surface area (Å²) in [6.45, 7) is 0. The number of carbonyl (C=O) groups is 1. The summed E-state index contributed by atoms with van der Waals surface area (Å²) in [5.41, 5.74) is -0.0568. The average Bonchev–Trinajstić information content (AvgIpc) is 2.07. The summed E-state index contributed by atoms with van der Waals surface area (Å²) in [7, 11) is -3.24. The van der Waals surface area contributed by atoms with Crippen LogP contribution in [-0.4, -0.2) is 48.1 Å². The molecule has 0 bridgehead atoms. The smallest absolute Gasteiger partial charge is 0.405 e. The Kier molecular flexibility index (Phi) is 2.94. The number of hydrogen-bond donors (Lipinski definition) is 3. The fraction of sp³-hybridized carbons (Fsp3) is 0.667. The summed E-state index contributed by atoms with van der Waals surface area (Å²) in [6, 6.07) is -0.707. The van der Waals surface area contributed by atoms with Crippen molar-refractivity contribution >= 4 is 21.6 Å². The van der Waals surface area contributed by atoms with Gasteiger partial charge in [-0.3, -0.25) is 0 Å². The Labute approximate surface area is 80.3 Å². The van der Waals surface area contributed by atoms with E-state index in [2.05, 4.69) is 10.5 Å². The molecule has 1 saturated heterocycles. The molecule has 1 aliphatic rings. The van der Waals surface area contributed by atoms with Gasteiger partial charge in [0.1, 0.15) is 0 Å². The van der Waals surface area contributed by atoms with Crippen LogP contribution in [0.5, 0.6) is 0 Å². The zero-order valence-electron chi connectivity index (χ0n) is 7.17. The van der Waals surface area contributed by atoms with Gasteiger partial charge in [0, 0.05) is 0 Å². The minimum atomic E-state index is -3.24. The van der Waals surface area contributed by atoms with Gasteiger partial charge in [-0.05, 0) is 6.42 Å². The van der Waals surface area contributed by atoms with Crippen molar-refractivity contribution in [3.63, 3.8) is 0 Å². The van der Waals surface area contributed by atoms with Crippen molar-refractivity contribution in [2.24, 2.45) is 5.16 Å². The van der Waals surface area contributed by atoms with E-state index in [1.807, 2.05) is 0 Å². The topological polar surface area (TPSA) is 116 Å². The monoisotopic (exact) mass is 222 g/mol. The van der Waals surface area contributed by atoms with E-state index in [0.29, 0.717) is 0 Å². The average molecular weight is 222 g/mol. The largest absolute Gasteiger partial charge is 0.465 e. The van der Waals surface area contributed by atoms with Crippen LogP contribution in [0.4, 0.5) is 4.79 Å². The van der Waals surface area contributed by atoms with Crippen molar-refractivity contribution < 1.29 is 23.5 Å². The van der Waals surface area contributed by atoms with E-state index < -0.39 is 27.7 Å².